The second kappa shape index (κ2) is 3.62. The molecule has 1 amide bonds. The number of aliphatic hydroxyl groups is 1. The van der Waals surface area contributed by atoms with Crippen molar-refractivity contribution >= 4 is 6.09 Å². The SMILES string of the molecule is CC(C)(C)OC(=O)N1CC2(CC2)C[C@@H]1CO. The molecule has 0 aromatic heterocycles. The number of aliphatic hydroxyl groups excluding tert-OH is 1. The van der Waals surface area contributed by atoms with Gasteiger partial charge in [0.05, 0.1) is 12.6 Å². The van der Waals surface area contributed by atoms with Crippen LogP contribution in [0.2, 0.25) is 0 Å². The quantitative estimate of drug-likeness (QED) is 0.742. The number of ether oxygens (including phenoxy) is 1. The van der Waals surface area contributed by atoms with E-state index in [1.807, 2.05) is 20.8 Å². The Labute approximate surface area is 96.6 Å². The maximum atomic E-state index is 11.9. The number of carbonyl (C=O) groups is 1. The van der Waals surface area contributed by atoms with Gasteiger partial charge in [-0.3, -0.25) is 0 Å². The molecule has 92 valence electrons. The van der Waals surface area contributed by atoms with E-state index in [4.69, 9.17) is 4.74 Å². The zero-order valence-corrected chi connectivity index (χ0v) is 10.3. The largest absolute Gasteiger partial charge is 0.444 e. The number of amides is 1. The van der Waals surface area contributed by atoms with Crippen molar-refractivity contribution in [3.05, 3.63) is 0 Å². The summed E-state index contributed by atoms with van der Waals surface area (Å²) < 4.78 is 5.35. The first kappa shape index (κ1) is 11.7. The summed E-state index contributed by atoms with van der Waals surface area (Å²) >= 11 is 0. The molecule has 0 aromatic carbocycles. The van der Waals surface area contributed by atoms with Gasteiger partial charge in [0.2, 0.25) is 0 Å². The molecule has 0 unspecified atom stereocenters. The summed E-state index contributed by atoms with van der Waals surface area (Å²) in [6.45, 7) is 6.39. The second-order valence-electron chi connectivity index (χ2n) is 6.15. The van der Waals surface area contributed by atoms with Gasteiger partial charge in [0.15, 0.2) is 0 Å². The van der Waals surface area contributed by atoms with Gasteiger partial charge in [-0.25, -0.2) is 4.79 Å². The van der Waals surface area contributed by atoms with Gasteiger partial charge in [-0.05, 0) is 45.4 Å². The number of carbonyl (C=O) groups excluding carboxylic acids is 1. The third kappa shape index (κ3) is 2.32. The number of rotatable bonds is 1. The molecule has 2 rings (SSSR count). The number of likely N-dealkylation sites (tertiary alicyclic amines) is 1. The molecular weight excluding hydrogens is 206 g/mol. The van der Waals surface area contributed by atoms with Crippen LogP contribution in [0.3, 0.4) is 0 Å². The maximum Gasteiger partial charge on any atom is 0.410 e. The molecule has 1 aliphatic carbocycles. The average molecular weight is 227 g/mol. The van der Waals surface area contributed by atoms with Crippen LogP contribution in [0.1, 0.15) is 40.0 Å². The Morgan fingerprint density at radius 1 is 1.50 bits per heavy atom. The van der Waals surface area contributed by atoms with E-state index < -0.39 is 5.60 Å². The Hall–Kier alpha value is -0.770. The minimum absolute atomic E-state index is 0.0427. The van der Waals surface area contributed by atoms with E-state index in [0.717, 1.165) is 13.0 Å². The molecule has 1 saturated heterocycles. The van der Waals surface area contributed by atoms with E-state index in [2.05, 4.69) is 0 Å². The van der Waals surface area contributed by atoms with Crippen molar-refractivity contribution in [2.75, 3.05) is 13.2 Å². The molecule has 1 atom stereocenters. The van der Waals surface area contributed by atoms with Gasteiger partial charge in [0, 0.05) is 6.54 Å². The van der Waals surface area contributed by atoms with E-state index in [9.17, 15) is 9.90 Å². The van der Waals surface area contributed by atoms with Crippen LogP contribution in [-0.2, 0) is 4.74 Å². The molecule has 4 heteroatoms. The zero-order valence-electron chi connectivity index (χ0n) is 10.3. The summed E-state index contributed by atoms with van der Waals surface area (Å²) in [7, 11) is 0. The number of nitrogens with zero attached hydrogens (tertiary/aromatic N) is 1. The number of hydrogen-bond donors (Lipinski definition) is 1. The first-order valence-corrected chi connectivity index (χ1v) is 5.96. The van der Waals surface area contributed by atoms with Crippen molar-refractivity contribution in [1.29, 1.82) is 0 Å². The smallest absolute Gasteiger partial charge is 0.410 e. The normalized spacial score (nSPS) is 27.2. The molecule has 0 aromatic rings. The topological polar surface area (TPSA) is 49.8 Å². The van der Waals surface area contributed by atoms with Crippen molar-refractivity contribution in [1.82, 2.24) is 4.90 Å². The lowest BCUT2D eigenvalue weighted by atomic mass is 10.0. The Kier molecular flexibility index (Phi) is 2.65. The Bertz CT molecular complexity index is 291. The molecule has 1 heterocycles. The highest BCUT2D eigenvalue weighted by atomic mass is 16.6. The van der Waals surface area contributed by atoms with E-state index in [1.165, 1.54) is 12.8 Å². The predicted octanol–water partition coefficient (Wildman–Crippen LogP) is 1.77. The van der Waals surface area contributed by atoms with Crippen LogP contribution in [0.25, 0.3) is 0 Å². The van der Waals surface area contributed by atoms with Crippen molar-refractivity contribution in [2.24, 2.45) is 5.41 Å². The molecule has 4 nitrogen and oxygen atoms in total. The minimum Gasteiger partial charge on any atom is -0.444 e. The van der Waals surface area contributed by atoms with Gasteiger partial charge in [-0.15, -0.1) is 0 Å². The van der Waals surface area contributed by atoms with Gasteiger partial charge < -0.3 is 14.7 Å². The first-order chi connectivity index (χ1) is 7.35. The van der Waals surface area contributed by atoms with Crippen LogP contribution in [0, 0.1) is 5.41 Å². The molecule has 1 aliphatic heterocycles. The molecule has 0 bridgehead atoms. The van der Waals surface area contributed by atoms with Gasteiger partial charge in [-0.1, -0.05) is 0 Å². The van der Waals surface area contributed by atoms with E-state index in [-0.39, 0.29) is 18.7 Å². The fourth-order valence-electron chi connectivity index (χ4n) is 2.40. The average Bonchev–Trinajstić information content (AvgIpc) is 2.75. The summed E-state index contributed by atoms with van der Waals surface area (Å²) in [6, 6.07) is -0.0441. The van der Waals surface area contributed by atoms with Crippen LogP contribution < -0.4 is 0 Å². The minimum atomic E-state index is -0.462. The standard InChI is InChI=1S/C12H21NO3/c1-11(2,3)16-10(15)13-8-12(4-5-12)6-9(13)7-14/h9,14H,4-8H2,1-3H3/t9-/m1/s1. The summed E-state index contributed by atoms with van der Waals surface area (Å²) in [5, 5.41) is 9.29. The summed E-state index contributed by atoms with van der Waals surface area (Å²) in [5.74, 6) is 0. The van der Waals surface area contributed by atoms with Crippen LogP contribution in [0.5, 0.6) is 0 Å². The second-order valence-corrected chi connectivity index (χ2v) is 6.15. The van der Waals surface area contributed by atoms with Gasteiger partial charge in [0.1, 0.15) is 5.60 Å². The zero-order chi connectivity index (χ0) is 12.0. The fraction of sp³-hybridized carbons (Fsp3) is 0.917. The van der Waals surface area contributed by atoms with Gasteiger partial charge >= 0.3 is 6.09 Å². The van der Waals surface area contributed by atoms with Crippen molar-refractivity contribution < 1.29 is 14.6 Å². The lowest BCUT2D eigenvalue weighted by Gasteiger charge is -2.27. The molecule has 0 radical (unpaired) electrons. The highest BCUT2D eigenvalue weighted by Gasteiger charge is 2.53. The van der Waals surface area contributed by atoms with E-state index in [1.54, 1.807) is 4.90 Å². The molecule has 2 aliphatic rings. The molecule has 16 heavy (non-hydrogen) atoms. The van der Waals surface area contributed by atoms with Crippen molar-refractivity contribution in [2.45, 2.75) is 51.7 Å². The first-order valence-electron chi connectivity index (χ1n) is 5.96. The highest BCUT2D eigenvalue weighted by Crippen LogP contribution is 2.54. The van der Waals surface area contributed by atoms with Gasteiger partial charge in [-0.2, -0.15) is 0 Å². The lowest BCUT2D eigenvalue weighted by molar-refractivity contribution is 0.0171. The van der Waals surface area contributed by atoms with Crippen LogP contribution in [0.4, 0.5) is 4.79 Å². The van der Waals surface area contributed by atoms with Crippen LogP contribution in [0.15, 0.2) is 0 Å². The molecule has 2 fully saturated rings. The fourth-order valence-corrected chi connectivity index (χ4v) is 2.40. The number of hydrogen-bond acceptors (Lipinski definition) is 3. The van der Waals surface area contributed by atoms with Crippen molar-refractivity contribution in [3.8, 4) is 0 Å². The molecule has 1 N–H and O–H groups in total. The van der Waals surface area contributed by atoms with Crippen LogP contribution in [-0.4, -0.2) is 40.9 Å². The monoisotopic (exact) mass is 227 g/mol. The third-order valence-corrected chi connectivity index (χ3v) is 3.41. The summed E-state index contributed by atoms with van der Waals surface area (Å²) in [5.41, 5.74) is -0.152. The summed E-state index contributed by atoms with van der Waals surface area (Å²) in [4.78, 5) is 13.6. The lowest BCUT2D eigenvalue weighted by Crippen LogP contribution is -2.41. The third-order valence-electron chi connectivity index (χ3n) is 3.41. The predicted molar refractivity (Wildman–Crippen MR) is 60.1 cm³/mol. The highest BCUT2D eigenvalue weighted by molar-refractivity contribution is 5.69. The summed E-state index contributed by atoms with van der Waals surface area (Å²) in [6.07, 6.45) is 3.02. The van der Waals surface area contributed by atoms with E-state index >= 15 is 0 Å². The van der Waals surface area contributed by atoms with Gasteiger partial charge in [0.25, 0.3) is 0 Å². The maximum absolute atomic E-state index is 11.9. The molecule has 1 spiro atoms. The van der Waals surface area contributed by atoms with E-state index in [0.29, 0.717) is 5.41 Å². The molecule has 1 saturated carbocycles. The van der Waals surface area contributed by atoms with Crippen molar-refractivity contribution in [3.63, 3.8) is 0 Å². The molecular formula is C12H21NO3. The Balaban J connectivity index is 2.00. The Morgan fingerprint density at radius 2 is 2.12 bits per heavy atom. The van der Waals surface area contributed by atoms with Crippen LogP contribution >= 0.6 is 0 Å². The Morgan fingerprint density at radius 3 is 2.56 bits per heavy atom.